The number of anilines is 1. The van der Waals surface area contributed by atoms with Crippen LogP contribution in [0.1, 0.15) is 48.7 Å². The molecular formula is C21H31N5O3S. The average Bonchev–Trinajstić information content (AvgIpc) is 3.10. The molecule has 4 N–H and O–H groups in total. The second-order valence-electron chi connectivity index (χ2n) is 7.51. The fraction of sp³-hybridized carbons (Fsp3) is 0.571. The molecule has 2 aromatic heterocycles. The number of carbonyl (C=O) groups is 2. The number of aryl methyl sites for hydroxylation is 1. The van der Waals surface area contributed by atoms with Gasteiger partial charge in [-0.15, -0.1) is 0 Å². The lowest BCUT2D eigenvalue weighted by molar-refractivity contribution is -0.140. The number of amides is 1. The lowest BCUT2D eigenvalue weighted by atomic mass is 9.91. The summed E-state index contributed by atoms with van der Waals surface area (Å²) in [5.74, 6) is 1.17. The minimum atomic E-state index is -0.326. The SMILES string of the molecule is CCOC(=O)CNc1c(CCSC)nc2c(C(=O)NC3CCC(N)CC3)cccn12. The molecule has 8 nitrogen and oxygen atoms in total. The normalized spacial score (nSPS) is 18.9. The number of pyridine rings is 1. The van der Waals surface area contributed by atoms with Crippen LogP contribution in [0, 0.1) is 0 Å². The van der Waals surface area contributed by atoms with Crippen molar-refractivity contribution in [3.63, 3.8) is 0 Å². The van der Waals surface area contributed by atoms with E-state index in [0.29, 0.717) is 17.8 Å². The number of hydrogen-bond acceptors (Lipinski definition) is 7. The summed E-state index contributed by atoms with van der Waals surface area (Å²) in [6.07, 6.45) is 8.28. The number of ether oxygens (including phenoxy) is 1. The van der Waals surface area contributed by atoms with Crippen molar-refractivity contribution in [1.29, 1.82) is 0 Å². The smallest absolute Gasteiger partial charge is 0.325 e. The van der Waals surface area contributed by atoms with E-state index in [0.717, 1.165) is 49.4 Å². The fourth-order valence-corrected chi connectivity index (χ4v) is 4.14. The number of fused-ring (bicyclic) bond motifs is 1. The number of imidazole rings is 1. The molecule has 0 bridgehead atoms. The Morgan fingerprint density at radius 1 is 1.33 bits per heavy atom. The van der Waals surface area contributed by atoms with E-state index in [9.17, 15) is 9.59 Å². The summed E-state index contributed by atoms with van der Waals surface area (Å²) in [6, 6.07) is 4.00. The van der Waals surface area contributed by atoms with Crippen LogP contribution in [0.2, 0.25) is 0 Å². The molecule has 1 aliphatic carbocycles. The van der Waals surface area contributed by atoms with Gasteiger partial charge in [0.15, 0.2) is 5.65 Å². The van der Waals surface area contributed by atoms with Gasteiger partial charge in [-0.1, -0.05) is 0 Å². The Morgan fingerprint density at radius 2 is 2.10 bits per heavy atom. The number of nitrogens with zero attached hydrogens (tertiary/aromatic N) is 2. The van der Waals surface area contributed by atoms with E-state index in [1.54, 1.807) is 24.8 Å². The van der Waals surface area contributed by atoms with Gasteiger partial charge in [-0.3, -0.25) is 14.0 Å². The van der Waals surface area contributed by atoms with Crippen LogP contribution in [0.15, 0.2) is 18.3 Å². The molecule has 0 aliphatic heterocycles. The van der Waals surface area contributed by atoms with Crippen molar-refractivity contribution in [3.8, 4) is 0 Å². The zero-order valence-electron chi connectivity index (χ0n) is 17.6. The number of carbonyl (C=O) groups excluding carboxylic acids is 2. The van der Waals surface area contributed by atoms with Crippen LogP contribution in [0.3, 0.4) is 0 Å². The van der Waals surface area contributed by atoms with Crippen molar-refractivity contribution in [3.05, 3.63) is 29.6 Å². The lowest BCUT2D eigenvalue weighted by Gasteiger charge is -2.26. The molecule has 3 rings (SSSR count). The van der Waals surface area contributed by atoms with Gasteiger partial charge in [-0.25, -0.2) is 4.98 Å². The Balaban J connectivity index is 1.85. The Bertz CT molecular complexity index is 877. The van der Waals surface area contributed by atoms with Gasteiger partial charge >= 0.3 is 5.97 Å². The first-order valence-electron chi connectivity index (χ1n) is 10.5. The molecule has 0 unspecified atom stereocenters. The summed E-state index contributed by atoms with van der Waals surface area (Å²) < 4.78 is 6.87. The first-order valence-corrected chi connectivity index (χ1v) is 11.9. The van der Waals surface area contributed by atoms with Crippen molar-refractivity contribution < 1.29 is 14.3 Å². The molecule has 1 amide bonds. The highest BCUT2D eigenvalue weighted by molar-refractivity contribution is 7.98. The molecule has 0 aromatic carbocycles. The van der Waals surface area contributed by atoms with Gasteiger partial charge in [0.25, 0.3) is 5.91 Å². The Kier molecular flexibility index (Phi) is 7.98. The van der Waals surface area contributed by atoms with Gasteiger partial charge in [0.05, 0.1) is 17.9 Å². The zero-order valence-corrected chi connectivity index (χ0v) is 18.5. The molecule has 0 atom stereocenters. The molecule has 0 spiro atoms. The zero-order chi connectivity index (χ0) is 21.5. The van der Waals surface area contributed by atoms with Gasteiger partial charge in [0.2, 0.25) is 0 Å². The van der Waals surface area contributed by atoms with Gasteiger partial charge < -0.3 is 21.1 Å². The van der Waals surface area contributed by atoms with Crippen molar-refractivity contribution in [2.75, 3.05) is 30.5 Å². The maximum absolute atomic E-state index is 13.0. The molecule has 2 aromatic rings. The van der Waals surface area contributed by atoms with Crippen LogP contribution >= 0.6 is 11.8 Å². The van der Waals surface area contributed by atoms with E-state index in [1.165, 1.54) is 0 Å². The number of thioether (sulfide) groups is 1. The van der Waals surface area contributed by atoms with E-state index >= 15 is 0 Å². The summed E-state index contributed by atoms with van der Waals surface area (Å²) in [5.41, 5.74) is 7.92. The summed E-state index contributed by atoms with van der Waals surface area (Å²) >= 11 is 1.72. The Morgan fingerprint density at radius 3 is 2.80 bits per heavy atom. The number of hydrogen-bond donors (Lipinski definition) is 3. The van der Waals surface area contributed by atoms with Gasteiger partial charge in [-0.2, -0.15) is 11.8 Å². The number of nitrogens with two attached hydrogens (primary N) is 1. The Labute approximate surface area is 181 Å². The maximum atomic E-state index is 13.0. The summed E-state index contributed by atoms with van der Waals surface area (Å²) in [5, 5.41) is 6.29. The minimum Gasteiger partial charge on any atom is -0.465 e. The highest BCUT2D eigenvalue weighted by atomic mass is 32.2. The molecule has 164 valence electrons. The third-order valence-electron chi connectivity index (χ3n) is 5.32. The minimum absolute atomic E-state index is 0.0483. The van der Waals surface area contributed by atoms with Gasteiger partial charge in [-0.05, 0) is 56.7 Å². The molecule has 9 heteroatoms. The fourth-order valence-electron chi connectivity index (χ4n) is 3.75. The number of rotatable bonds is 9. The van der Waals surface area contributed by atoms with Crippen LogP contribution in [-0.4, -0.2) is 58.5 Å². The first kappa shape index (κ1) is 22.4. The van der Waals surface area contributed by atoms with Crippen LogP contribution in [0.25, 0.3) is 5.65 Å². The molecule has 1 fully saturated rings. The van der Waals surface area contributed by atoms with E-state index in [2.05, 4.69) is 10.6 Å². The second kappa shape index (κ2) is 10.7. The number of esters is 1. The van der Waals surface area contributed by atoms with Crippen molar-refractivity contribution in [1.82, 2.24) is 14.7 Å². The predicted octanol–water partition coefficient (Wildman–Crippen LogP) is 2.21. The highest BCUT2D eigenvalue weighted by Crippen LogP contribution is 2.23. The summed E-state index contributed by atoms with van der Waals surface area (Å²) in [4.78, 5) is 29.6. The lowest BCUT2D eigenvalue weighted by Crippen LogP contribution is -2.40. The third-order valence-corrected chi connectivity index (χ3v) is 5.93. The molecule has 2 heterocycles. The maximum Gasteiger partial charge on any atom is 0.325 e. The van der Waals surface area contributed by atoms with E-state index in [1.807, 2.05) is 22.9 Å². The van der Waals surface area contributed by atoms with Crippen LogP contribution in [0.4, 0.5) is 5.82 Å². The summed E-state index contributed by atoms with van der Waals surface area (Å²) in [6.45, 7) is 2.16. The van der Waals surface area contributed by atoms with Crippen LogP contribution in [0.5, 0.6) is 0 Å². The molecule has 1 aliphatic rings. The molecule has 0 radical (unpaired) electrons. The van der Waals surface area contributed by atoms with E-state index in [4.69, 9.17) is 15.5 Å². The Hall–Kier alpha value is -2.26. The van der Waals surface area contributed by atoms with Crippen LogP contribution in [-0.2, 0) is 16.0 Å². The predicted molar refractivity (Wildman–Crippen MR) is 120 cm³/mol. The quantitative estimate of drug-likeness (QED) is 0.520. The molecule has 0 saturated heterocycles. The molecular weight excluding hydrogens is 402 g/mol. The van der Waals surface area contributed by atoms with Gasteiger partial charge in [0, 0.05) is 24.7 Å². The van der Waals surface area contributed by atoms with Crippen molar-refractivity contribution in [2.24, 2.45) is 5.73 Å². The highest BCUT2D eigenvalue weighted by Gasteiger charge is 2.23. The monoisotopic (exact) mass is 433 g/mol. The first-order chi connectivity index (χ1) is 14.5. The standard InChI is InChI=1S/C21H31N5O3S/c1-3-29-18(27)13-23-20-17(10-12-30-2)25-19-16(5-4-11-26(19)20)21(28)24-15-8-6-14(22)7-9-15/h4-5,11,14-15,23H,3,6-10,12-13,22H2,1-2H3,(H,24,28). The molecule has 1 saturated carbocycles. The van der Waals surface area contributed by atoms with Crippen LogP contribution < -0.4 is 16.4 Å². The second-order valence-corrected chi connectivity index (χ2v) is 8.49. The number of nitrogens with one attached hydrogen (secondary N) is 2. The average molecular weight is 434 g/mol. The molecule has 30 heavy (non-hydrogen) atoms. The summed E-state index contributed by atoms with van der Waals surface area (Å²) in [7, 11) is 0. The van der Waals surface area contributed by atoms with Gasteiger partial charge in [0.1, 0.15) is 12.4 Å². The third kappa shape index (κ3) is 5.46. The topological polar surface area (TPSA) is 111 Å². The van der Waals surface area contributed by atoms with E-state index in [-0.39, 0.29) is 30.5 Å². The van der Waals surface area contributed by atoms with Crippen molar-refractivity contribution >= 4 is 35.1 Å². The van der Waals surface area contributed by atoms with Crippen molar-refractivity contribution in [2.45, 2.75) is 51.1 Å². The number of aromatic nitrogens is 2. The van der Waals surface area contributed by atoms with E-state index < -0.39 is 0 Å². The largest absolute Gasteiger partial charge is 0.465 e.